The van der Waals surface area contributed by atoms with Gasteiger partial charge in [-0.15, -0.1) is 0 Å². The second-order valence-electron chi connectivity index (χ2n) is 5.41. The number of halogens is 1. The van der Waals surface area contributed by atoms with Crippen molar-refractivity contribution in [3.63, 3.8) is 0 Å². The minimum atomic E-state index is -1.10. The SMILES string of the molecule is CCc1c(Br)nc(C(=O)O)n1CCNC(=O)OC(C)(C)C. The van der Waals surface area contributed by atoms with Gasteiger partial charge in [-0.05, 0) is 43.1 Å². The lowest BCUT2D eigenvalue weighted by molar-refractivity contribution is 0.0526. The number of rotatable bonds is 5. The number of carbonyl (C=O) groups is 2. The van der Waals surface area contributed by atoms with Crippen molar-refractivity contribution in [1.29, 1.82) is 0 Å². The van der Waals surface area contributed by atoms with Crippen LogP contribution in [0.2, 0.25) is 0 Å². The molecule has 2 N–H and O–H groups in total. The molecule has 0 radical (unpaired) electrons. The van der Waals surface area contributed by atoms with Gasteiger partial charge in [0.15, 0.2) is 0 Å². The second kappa shape index (κ2) is 6.93. The van der Waals surface area contributed by atoms with Gasteiger partial charge in [0.1, 0.15) is 10.2 Å². The van der Waals surface area contributed by atoms with Crippen LogP contribution in [0.3, 0.4) is 0 Å². The summed E-state index contributed by atoms with van der Waals surface area (Å²) in [5, 5.41) is 11.7. The van der Waals surface area contributed by atoms with Gasteiger partial charge in [-0.2, -0.15) is 0 Å². The number of hydrogen-bond acceptors (Lipinski definition) is 4. The lowest BCUT2D eigenvalue weighted by Gasteiger charge is -2.20. The molecule has 0 saturated carbocycles. The maximum Gasteiger partial charge on any atom is 0.407 e. The lowest BCUT2D eigenvalue weighted by atomic mass is 10.2. The quantitative estimate of drug-likeness (QED) is 0.839. The van der Waals surface area contributed by atoms with E-state index in [0.29, 0.717) is 17.6 Å². The zero-order chi connectivity index (χ0) is 16.2. The maximum absolute atomic E-state index is 11.5. The highest BCUT2D eigenvalue weighted by atomic mass is 79.9. The smallest absolute Gasteiger partial charge is 0.407 e. The van der Waals surface area contributed by atoms with Crippen molar-refractivity contribution in [3.05, 3.63) is 16.1 Å². The zero-order valence-corrected chi connectivity index (χ0v) is 14.2. The van der Waals surface area contributed by atoms with E-state index in [1.807, 2.05) is 6.92 Å². The van der Waals surface area contributed by atoms with Crippen LogP contribution in [0.1, 0.15) is 44.0 Å². The van der Waals surface area contributed by atoms with Crippen molar-refractivity contribution in [2.75, 3.05) is 6.54 Å². The first-order valence-corrected chi connectivity index (χ1v) is 7.40. The summed E-state index contributed by atoms with van der Waals surface area (Å²) in [7, 11) is 0. The van der Waals surface area contributed by atoms with Gasteiger partial charge in [-0.1, -0.05) is 6.92 Å². The molecule has 0 atom stereocenters. The summed E-state index contributed by atoms with van der Waals surface area (Å²) in [6, 6.07) is 0. The Hall–Kier alpha value is -1.57. The topological polar surface area (TPSA) is 93.5 Å². The van der Waals surface area contributed by atoms with E-state index in [-0.39, 0.29) is 12.4 Å². The fourth-order valence-electron chi connectivity index (χ4n) is 1.78. The molecule has 0 spiro atoms. The number of alkyl carbamates (subject to hydrolysis) is 1. The molecule has 8 heteroatoms. The average Bonchev–Trinajstić information content (AvgIpc) is 2.63. The highest BCUT2D eigenvalue weighted by molar-refractivity contribution is 9.10. The normalized spacial score (nSPS) is 11.3. The van der Waals surface area contributed by atoms with Crippen molar-refractivity contribution in [2.24, 2.45) is 0 Å². The molecule has 1 amide bonds. The molecule has 1 heterocycles. The first-order chi connectivity index (χ1) is 9.65. The molecule has 0 aliphatic carbocycles. The number of nitrogens with one attached hydrogen (secondary N) is 1. The Bertz CT molecular complexity index is 534. The molecule has 0 aromatic carbocycles. The number of aromatic nitrogens is 2. The van der Waals surface area contributed by atoms with E-state index in [1.54, 1.807) is 25.3 Å². The predicted molar refractivity (Wildman–Crippen MR) is 80.5 cm³/mol. The van der Waals surface area contributed by atoms with Gasteiger partial charge < -0.3 is 19.7 Å². The van der Waals surface area contributed by atoms with Crippen LogP contribution in [0, 0.1) is 0 Å². The number of aromatic carboxylic acids is 1. The summed E-state index contributed by atoms with van der Waals surface area (Å²) in [6.45, 7) is 7.80. The molecule has 1 aromatic rings. The van der Waals surface area contributed by atoms with Crippen LogP contribution in [0.5, 0.6) is 0 Å². The average molecular weight is 362 g/mol. The first-order valence-electron chi connectivity index (χ1n) is 6.60. The minimum Gasteiger partial charge on any atom is -0.475 e. The molecule has 21 heavy (non-hydrogen) atoms. The summed E-state index contributed by atoms with van der Waals surface area (Å²) in [5.74, 6) is -1.16. The van der Waals surface area contributed by atoms with Gasteiger partial charge in [-0.3, -0.25) is 0 Å². The Kier molecular flexibility index (Phi) is 5.77. The Morgan fingerprint density at radius 3 is 2.52 bits per heavy atom. The third kappa shape index (κ3) is 5.04. The predicted octanol–water partition coefficient (Wildman–Crippen LogP) is 2.43. The molecule has 7 nitrogen and oxygen atoms in total. The number of nitrogens with zero attached hydrogens (tertiary/aromatic N) is 2. The molecule has 0 unspecified atom stereocenters. The van der Waals surface area contributed by atoms with E-state index >= 15 is 0 Å². The molecule has 0 aliphatic heterocycles. The molecule has 0 bridgehead atoms. The van der Waals surface area contributed by atoms with E-state index < -0.39 is 17.7 Å². The molecule has 0 fully saturated rings. The maximum atomic E-state index is 11.5. The molecule has 1 aromatic heterocycles. The number of ether oxygens (including phenoxy) is 1. The fourth-order valence-corrected chi connectivity index (χ4v) is 2.44. The zero-order valence-electron chi connectivity index (χ0n) is 12.6. The highest BCUT2D eigenvalue weighted by Gasteiger charge is 2.20. The summed E-state index contributed by atoms with van der Waals surface area (Å²) in [4.78, 5) is 26.7. The number of amides is 1. The van der Waals surface area contributed by atoms with E-state index in [1.165, 1.54) is 0 Å². The molecular formula is C13H20BrN3O4. The summed E-state index contributed by atoms with van der Waals surface area (Å²) in [5.41, 5.74) is 0.210. The van der Waals surface area contributed by atoms with Crippen LogP contribution in [-0.2, 0) is 17.7 Å². The van der Waals surface area contributed by atoms with Crippen LogP contribution >= 0.6 is 15.9 Å². The van der Waals surface area contributed by atoms with Crippen molar-refractivity contribution in [1.82, 2.24) is 14.9 Å². The van der Waals surface area contributed by atoms with Crippen molar-refractivity contribution < 1.29 is 19.4 Å². The Labute approximate surface area is 131 Å². The molecule has 118 valence electrons. The van der Waals surface area contributed by atoms with Crippen LogP contribution in [0.15, 0.2) is 4.60 Å². The van der Waals surface area contributed by atoms with Gasteiger partial charge in [0.2, 0.25) is 5.82 Å². The van der Waals surface area contributed by atoms with Gasteiger partial charge in [-0.25, -0.2) is 14.6 Å². The van der Waals surface area contributed by atoms with E-state index in [2.05, 4.69) is 26.2 Å². The lowest BCUT2D eigenvalue weighted by Crippen LogP contribution is -2.34. The summed E-state index contributed by atoms with van der Waals surface area (Å²) >= 11 is 3.25. The number of carboxylic acid groups (broad SMARTS) is 1. The number of hydrogen-bond donors (Lipinski definition) is 2. The van der Waals surface area contributed by atoms with Gasteiger partial charge in [0.25, 0.3) is 0 Å². The highest BCUT2D eigenvalue weighted by Crippen LogP contribution is 2.18. The monoisotopic (exact) mass is 361 g/mol. The molecular weight excluding hydrogens is 342 g/mol. The Morgan fingerprint density at radius 1 is 1.43 bits per heavy atom. The minimum absolute atomic E-state index is 0.0512. The standard InChI is InChI=1S/C13H20BrN3O4/c1-5-8-9(14)16-10(11(18)19)17(8)7-6-15-12(20)21-13(2,3)4/h5-7H2,1-4H3,(H,15,20)(H,18,19). The fraction of sp³-hybridized carbons (Fsp3) is 0.615. The van der Waals surface area contributed by atoms with Crippen LogP contribution in [0.25, 0.3) is 0 Å². The molecule has 0 aliphatic rings. The van der Waals surface area contributed by atoms with Gasteiger partial charge in [0, 0.05) is 13.1 Å². The third-order valence-electron chi connectivity index (χ3n) is 2.55. The van der Waals surface area contributed by atoms with E-state index in [0.717, 1.165) is 5.69 Å². The van der Waals surface area contributed by atoms with Crippen molar-refractivity contribution in [3.8, 4) is 0 Å². The molecule has 1 rings (SSSR count). The van der Waals surface area contributed by atoms with E-state index in [9.17, 15) is 9.59 Å². The Morgan fingerprint density at radius 2 is 2.05 bits per heavy atom. The number of imidazole rings is 1. The van der Waals surface area contributed by atoms with Crippen LogP contribution in [0.4, 0.5) is 4.79 Å². The number of carbonyl (C=O) groups excluding carboxylic acids is 1. The Balaban J connectivity index is 2.71. The second-order valence-corrected chi connectivity index (χ2v) is 6.16. The van der Waals surface area contributed by atoms with Gasteiger partial charge >= 0.3 is 12.1 Å². The number of carboxylic acids is 1. The third-order valence-corrected chi connectivity index (χ3v) is 3.19. The van der Waals surface area contributed by atoms with Crippen molar-refractivity contribution in [2.45, 2.75) is 46.3 Å². The van der Waals surface area contributed by atoms with Gasteiger partial charge in [0.05, 0.1) is 5.69 Å². The molecule has 0 saturated heterocycles. The van der Waals surface area contributed by atoms with Crippen LogP contribution < -0.4 is 5.32 Å². The van der Waals surface area contributed by atoms with Crippen molar-refractivity contribution >= 4 is 28.0 Å². The first kappa shape index (κ1) is 17.5. The summed E-state index contributed by atoms with van der Waals surface area (Å²) in [6.07, 6.45) is 0.101. The summed E-state index contributed by atoms with van der Waals surface area (Å²) < 4.78 is 7.20. The largest absolute Gasteiger partial charge is 0.475 e. The van der Waals surface area contributed by atoms with Crippen LogP contribution in [-0.4, -0.2) is 38.9 Å². The van der Waals surface area contributed by atoms with E-state index in [4.69, 9.17) is 9.84 Å².